The Balaban J connectivity index is 2.26. The van der Waals surface area contributed by atoms with Crippen LogP contribution in [0.5, 0.6) is 5.75 Å². The first-order chi connectivity index (χ1) is 9.11. The van der Waals surface area contributed by atoms with Crippen LogP contribution in [0.15, 0.2) is 24.3 Å². The topological polar surface area (TPSA) is 24.5 Å². The Morgan fingerprint density at radius 2 is 2.05 bits per heavy atom. The van der Waals surface area contributed by atoms with E-state index in [0.717, 1.165) is 37.9 Å². The summed E-state index contributed by atoms with van der Waals surface area (Å²) in [4.78, 5) is 2.33. The highest BCUT2D eigenvalue weighted by atomic mass is 16.5. The maximum atomic E-state index is 5.80. The Morgan fingerprint density at radius 3 is 2.74 bits per heavy atom. The number of rotatable bonds is 9. The van der Waals surface area contributed by atoms with Gasteiger partial charge in [-0.1, -0.05) is 26.0 Å². The van der Waals surface area contributed by atoms with E-state index in [0.29, 0.717) is 0 Å². The largest absolute Gasteiger partial charge is 0.492 e. The van der Waals surface area contributed by atoms with Gasteiger partial charge in [-0.15, -0.1) is 0 Å². The van der Waals surface area contributed by atoms with Gasteiger partial charge in [0.1, 0.15) is 12.4 Å². The summed E-state index contributed by atoms with van der Waals surface area (Å²) in [6.07, 6.45) is 1.24. The van der Waals surface area contributed by atoms with Crippen LogP contribution in [-0.2, 0) is 6.54 Å². The van der Waals surface area contributed by atoms with Crippen LogP contribution >= 0.6 is 0 Å². The fraction of sp³-hybridized carbons (Fsp3) is 0.625. The summed E-state index contributed by atoms with van der Waals surface area (Å²) in [7, 11) is 4.11. The second kappa shape index (κ2) is 8.94. The highest BCUT2D eigenvalue weighted by Crippen LogP contribution is 2.13. The molecular weight excluding hydrogens is 236 g/mol. The lowest BCUT2D eigenvalue weighted by Crippen LogP contribution is -2.26. The predicted molar refractivity (Wildman–Crippen MR) is 81.7 cm³/mol. The van der Waals surface area contributed by atoms with Crippen molar-refractivity contribution >= 4 is 0 Å². The molecule has 19 heavy (non-hydrogen) atoms. The second-order valence-corrected chi connectivity index (χ2v) is 5.51. The molecule has 0 fully saturated rings. The lowest BCUT2D eigenvalue weighted by molar-refractivity contribution is 0.230. The second-order valence-electron chi connectivity index (χ2n) is 5.51. The van der Waals surface area contributed by atoms with Crippen molar-refractivity contribution in [1.82, 2.24) is 10.2 Å². The quantitative estimate of drug-likeness (QED) is 0.742. The summed E-state index contributed by atoms with van der Waals surface area (Å²) >= 11 is 0. The van der Waals surface area contributed by atoms with E-state index in [9.17, 15) is 0 Å². The minimum absolute atomic E-state index is 0.748. The Labute approximate surface area is 118 Å². The van der Waals surface area contributed by atoms with Gasteiger partial charge in [0.15, 0.2) is 0 Å². The molecule has 0 aliphatic heterocycles. The molecule has 0 atom stereocenters. The number of ether oxygens (including phenoxy) is 1. The van der Waals surface area contributed by atoms with Crippen LogP contribution in [0.25, 0.3) is 0 Å². The van der Waals surface area contributed by atoms with E-state index in [-0.39, 0.29) is 0 Å². The Morgan fingerprint density at radius 1 is 1.26 bits per heavy atom. The van der Waals surface area contributed by atoms with Gasteiger partial charge in [-0.2, -0.15) is 0 Å². The van der Waals surface area contributed by atoms with Crippen molar-refractivity contribution in [3.05, 3.63) is 29.8 Å². The molecule has 0 unspecified atom stereocenters. The summed E-state index contributed by atoms with van der Waals surface area (Å²) in [6.45, 7) is 8.27. The monoisotopic (exact) mass is 264 g/mol. The minimum atomic E-state index is 0.748. The normalized spacial score (nSPS) is 11.3. The smallest absolute Gasteiger partial charge is 0.119 e. The first-order valence-corrected chi connectivity index (χ1v) is 7.16. The Hall–Kier alpha value is -1.06. The van der Waals surface area contributed by atoms with Crippen molar-refractivity contribution in [3.63, 3.8) is 0 Å². The summed E-state index contributed by atoms with van der Waals surface area (Å²) in [5.41, 5.74) is 1.26. The van der Waals surface area contributed by atoms with Crippen LogP contribution in [0, 0.1) is 5.92 Å². The van der Waals surface area contributed by atoms with Crippen LogP contribution in [0.3, 0.4) is 0 Å². The summed E-state index contributed by atoms with van der Waals surface area (Å²) in [5, 5.41) is 3.15. The average Bonchev–Trinajstić information content (AvgIpc) is 2.37. The molecule has 0 bridgehead atoms. The van der Waals surface area contributed by atoms with Crippen LogP contribution in [0.1, 0.15) is 25.8 Å². The van der Waals surface area contributed by atoms with Crippen molar-refractivity contribution in [2.24, 2.45) is 5.92 Å². The molecule has 3 nitrogen and oxygen atoms in total. The first kappa shape index (κ1) is 16.0. The summed E-state index contributed by atoms with van der Waals surface area (Å²) in [5.74, 6) is 1.73. The minimum Gasteiger partial charge on any atom is -0.492 e. The zero-order valence-corrected chi connectivity index (χ0v) is 12.8. The van der Waals surface area contributed by atoms with Gasteiger partial charge in [-0.05, 0) is 50.7 Å². The molecular formula is C16H28N2O. The van der Waals surface area contributed by atoms with E-state index in [1.807, 2.05) is 19.2 Å². The van der Waals surface area contributed by atoms with Crippen molar-refractivity contribution in [3.8, 4) is 5.75 Å². The summed E-state index contributed by atoms with van der Waals surface area (Å²) < 4.78 is 5.80. The highest BCUT2D eigenvalue weighted by Gasteiger charge is 2.01. The molecule has 0 aliphatic carbocycles. The van der Waals surface area contributed by atoms with E-state index in [1.54, 1.807) is 0 Å². The first-order valence-electron chi connectivity index (χ1n) is 7.16. The zero-order valence-electron chi connectivity index (χ0n) is 12.8. The Kier molecular flexibility index (Phi) is 7.53. The van der Waals surface area contributed by atoms with E-state index in [4.69, 9.17) is 4.74 Å². The third kappa shape index (κ3) is 7.19. The number of hydrogen-bond donors (Lipinski definition) is 1. The van der Waals surface area contributed by atoms with Gasteiger partial charge in [-0.25, -0.2) is 0 Å². The number of nitrogens with one attached hydrogen (secondary N) is 1. The Bertz CT molecular complexity index is 352. The van der Waals surface area contributed by atoms with Crippen LogP contribution in [0.2, 0.25) is 0 Å². The number of hydrogen-bond acceptors (Lipinski definition) is 3. The molecule has 1 N–H and O–H groups in total. The van der Waals surface area contributed by atoms with Gasteiger partial charge in [0.25, 0.3) is 0 Å². The van der Waals surface area contributed by atoms with Gasteiger partial charge >= 0.3 is 0 Å². The van der Waals surface area contributed by atoms with E-state index < -0.39 is 0 Å². The van der Waals surface area contributed by atoms with E-state index in [2.05, 4.69) is 43.2 Å². The predicted octanol–water partition coefficient (Wildman–Crippen LogP) is 2.76. The average molecular weight is 264 g/mol. The lowest BCUT2D eigenvalue weighted by Gasteiger charge is -2.18. The van der Waals surface area contributed by atoms with E-state index in [1.165, 1.54) is 12.0 Å². The molecule has 0 spiro atoms. The van der Waals surface area contributed by atoms with Gasteiger partial charge in [0.2, 0.25) is 0 Å². The van der Waals surface area contributed by atoms with Crippen molar-refractivity contribution in [2.45, 2.75) is 26.8 Å². The van der Waals surface area contributed by atoms with Crippen molar-refractivity contribution < 1.29 is 4.74 Å². The van der Waals surface area contributed by atoms with Crippen LogP contribution in [0.4, 0.5) is 0 Å². The third-order valence-electron chi connectivity index (χ3n) is 3.11. The van der Waals surface area contributed by atoms with Crippen LogP contribution in [-0.4, -0.2) is 38.7 Å². The summed E-state index contributed by atoms with van der Waals surface area (Å²) in [6, 6.07) is 8.28. The molecule has 0 heterocycles. The van der Waals surface area contributed by atoms with Gasteiger partial charge < -0.3 is 15.0 Å². The van der Waals surface area contributed by atoms with E-state index >= 15 is 0 Å². The standard InChI is InChI=1S/C16H28N2O/c1-14(2)8-9-18(4)10-11-19-16-7-5-6-15(12-16)13-17-3/h5-7,12,14,17H,8-11,13H2,1-4H3. The molecule has 0 amide bonds. The molecule has 3 heteroatoms. The number of nitrogens with zero attached hydrogens (tertiary/aromatic N) is 1. The molecule has 1 rings (SSSR count). The fourth-order valence-electron chi connectivity index (χ4n) is 1.86. The molecule has 1 aromatic carbocycles. The molecule has 0 aliphatic rings. The zero-order chi connectivity index (χ0) is 14.1. The van der Waals surface area contributed by atoms with Gasteiger partial charge in [0.05, 0.1) is 0 Å². The van der Waals surface area contributed by atoms with Gasteiger partial charge in [-0.3, -0.25) is 0 Å². The molecule has 0 saturated carbocycles. The molecule has 1 aromatic rings. The van der Waals surface area contributed by atoms with Crippen LogP contribution < -0.4 is 10.1 Å². The molecule has 0 aromatic heterocycles. The number of likely N-dealkylation sites (N-methyl/N-ethyl adjacent to an activating group) is 1. The molecule has 108 valence electrons. The lowest BCUT2D eigenvalue weighted by atomic mass is 10.1. The SMILES string of the molecule is CNCc1cccc(OCCN(C)CCC(C)C)c1. The van der Waals surface area contributed by atoms with Crippen molar-refractivity contribution in [2.75, 3.05) is 33.8 Å². The van der Waals surface area contributed by atoms with Crippen molar-refractivity contribution in [1.29, 1.82) is 0 Å². The maximum Gasteiger partial charge on any atom is 0.119 e. The highest BCUT2D eigenvalue weighted by molar-refractivity contribution is 5.28. The third-order valence-corrected chi connectivity index (χ3v) is 3.11. The van der Waals surface area contributed by atoms with Gasteiger partial charge in [0, 0.05) is 13.1 Å². The fourth-order valence-corrected chi connectivity index (χ4v) is 1.86. The molecule has 0 saturated heterocycles. The maximum absolute atomic E-state index is 5.80. The molecule has 0 radical (unpaired) electrons. The number of benzene rings is 1.